The molecule has 0 aromatic heterocycles. The van der Waals surface area contributed by atoms with Gasteiger partial charge in [-0.15, -0.1) is 0 Å². The lowest BCUT2D eigenvalue weighted by molar-refractivity contribution is -0.654. The highest BCUT2D eigenvalue weighted by atomic mass is 35.5. The number of carbonyl (C=O) groups excluding carboxylic acids is 1. The van der Waals surface area contributed by atoms with Crippen molar-refractivity contribution in [2.24, 2.45) is 0 Å². The number of quaternary nitrogens is 1. The predicted molar refractivity (Wildman–Crippen MR) is 121 cm³/mol. The molecule has 29 heavy (non-hydrogen) atoms. The summed E-state index contributed by atoms with van der Waals surface area (Å²) >= 11 is 0. The standard InChI is InChI=1S/C25H44N2O.ClH/c1-2-3-4-5-6-7-8-9-10-11-15-19-25(28)27-22-16-21-26-23-20-24-17-13-12-14-18-24;/h12-14,17-18,26H,2-11,15-16,19-23H2,1H3,(H,27,28);1H. The summed E-state index contributed by atoms with van der Waals surface area (Å²) in [6, 6.07) is 10.6. The SMILES string of the molecule is CCCCCCCCCCCCCC(=O)NCCC[NH2+]CCc1ccccc1.[Cl-]. The van der Waals surface area contributed by atoms with Gasteiger partial charge in [-0.2, -0.15) is 0 Å². The highest BCUT2D eigenvalue weighted by Crippen LogP contribution is 2.11. The fourth-order valence-corrected chi connectivity index (χ4v) is 3.57. The fraction of sp³-hybridized carbons (Fsp3) is 0.720. The largest absolute Gasteiger partial charge is 1.00 e. The smallest absolute Gasteiger partial charge is 0.219 e. The van der Waals surface area contributed by atoms with Crippen LogP contribution in [0.3, 0.4) is 0 Å². The monoisotopic (exact) mass is 424 g/mol. The molecule has 4 heteroatoms. The topological polar surface area (TPSA) is 45.7 Å². The molecule has 1 aromatic rings. The second kappa shape index (κ2) is 21.6. The molecule has 0 saturated carbocycles. The Morgan fingerprint density at radius 2 is 1.38 bits per heavy atom. The Morgan fingerprint density at radius 3 is 2.00 bits per heavy atom. The van der Waals surface area contributed by atoms with Gasteiger partial charge in [0.25, 0.3) is 0 Å². The molecular formula is C25H45ClN2O. The Bertz CT molecular complexity index is 467. The van der Waals surface area contributed by atoms with E-state index in [-0.39, 0.29) is 18.3 Å². The lowest BCUT2D eigenvalue weighted by Gasteiger charge is -2.06. The van der Waals surface area contributed by atoms with Crippen LogP contribution in [-0.4, -0.2) is 25.5 Å². The van der Waals surface area contributed by atoms with Crippen LogP contribution in [0.15, 0.2) is 30.3 Å². The molecular weight excluding hydrogens is 380 g/mol. The summed E-state index contributed by atoms with van der Waals surface area (Å²) < 4.78 is 0. The molecule has 0 aliphatic heterocycles. The number of halogens is 1. The van der Waals surface area contributed by atoms with Gasteiger partial charge < -0.3 is 23.0 Å². The first-order valence-electron chi connectivity index (χ1n) is 11.9. The van der Waals surface area contributed by atoms with Crippen LogP contribution in [0.2, 0.25) is 0 Å². The summed E-state index contributed by atoms with van der Waals surface area (Å²) in [6.45, 7) is 5.30. The molecule has 1 amide bonds. The van der Waals surface area contributed by atoms with Crippen molar-refractivity contribution in [2.75, 3.05) is 19.6 Å². The van der Waals surface area contributed by atoms with Crippen LogP contribution in [0, 0.1) is 0 Å². The summed E-state index contributed by atoms with van der Waals surface area (Å²) in [7, 11) is 0. The summed E-state index contributed by atoms with van der Waals surface area (Å²) in [6.07, 6.45) is 17.5. The zero-order valence-electron chi connectivity index (χ0n) is 18.8. The molecule has 1 rings (SSSR count). The van der Waals surface area contributed by atoms with E-state index in [4.69, 9.17) is 0 Å². The van der Waals surface area contributed by atoms with E-state index in [9.17, 15) is 4.79 Å². The van der Waals surface area contributed by atoms with E-state index in [1.54, 1.807) is 0 Å². The Labute approximate surface area is 186 Å². The van der Waals surface area contributed by atoms with Gasteiger partial charge in [-0.25, -0.2) is 0 Å². The van der Waals surface area contributed by atoms with E-state index in [2.05, 4.69) is 47.9 Å². The van der Waals surface area contributed by atoms with Gasteiger partial charge in [-0.3, -0.25) is 4.79 Å². The first-order chi connectivity index (χ1) is 13.8. The average Bonchev–Trinajstić information content (AvgIpc) is 2.72. The van der Waals surface area contributed by atoms with Crippen molar-refractivity contribution in [3.8, 4) is 0 Å². The number of amides is 1. The third kappa shape index (κ3) is 18.7. The molecule has 1 aromatic carbocycles. The molecule has 3 nitrogen and oxygen atoms in total. The Balaban J connectivity index is 0.00000784. The van der Waals surface area contributed by atoms with Crippen molar-refractivity contribution in [2.45, 2.75) is 96.8 Å². The first-order valence-corrected chi connectivity index (χ1v) is 11.9. The van der Waals surface area contributed by atoms with Gasteiger partial charge in [0.15, 0.2) is 0 Å². The van der Waals surface area contributed by atoms with E-state index in [0.29, 0.717) is 6.42 Å². The second-order valence-electron chi connectivity index (χ2n) is 8.09. The summed E-state index contributed by atoms with van der Waals surface area (Å²) in [5.74, 6) is 0.236. The van der Waals surface area contributed by atoms with Gasteiger partial charge in [0.1, 0.15) is 0 Å². The number of benzene rings is 1. The lowest BCUT2D eigenvalue weighted by Crippen LogP contribution is -3.00. The van der Waals surface area contributed by atoms with Gasteiger partial charge in [0.05, 0.1) is 13.1 Å². The van der Waals surface area contributed by atoms with Crippen molar-refractivity contribution < 1.29 is 22.5 Å². The maximum absolute atomic E-state index is 11.9. The van der Waals surface area contributed by atoms with E-state index < -0.39 is 0 Å². The molecule has 0 heterocycles. The van der Waals surface area contributed by atoms with Crippen LogP contribution in [0.4, 0.5) is 0 Å². The van der Waals surface area contributed by atoms with Gasteiger partial charge in [0, 0.05) is 25.8 Å². The Morgan fingerprint density at radius 1 is 0.793 bits per heavy atom. The molecule has 168 valence electrons. The minimum atomic E-state index is 0. The molecule has 3 N–H and O–H groups in total. The number of hydrogen-bond donors (Lipinski definition) is 2. The number of carbonyl (C=O) groups is 1. The van der Waals surface area contributed by atoms with Crippen LogP contribution in [0.5, 0.6) is 0 Å². The predicted octanol–water partition coefficient (Wildman–Crippen LogP) is 2.00. The molecule has 0 saturated heterocycles. The van der Waals surface area contributed by atoms with Gasteiger partial charge in [-0.1, -0.05) is 101 Å². The number of nitrogens with one attached hydrogen (secondary N) is 1. The van der Waals surface area contributed by atoms with Crippen molar-refractivity contribution in [3.63, 3.8) is 0 Å². The van der Waals surface area contributed by atoms with E-state index in [1.807, 2.05) is 0 Å². The molecule has 0 aliphatic carbocycles. The molecule has 0 bridgehead atoms. The van der Waals surface area contributed by atoms with Crippen LogP contribution >= 0.6 is 0 Å². The highest BCUT2D eigenvalue weighted by molar-refractivity contribution is 5.75. The number of rotatable bonds is 19. The third-order valence-electron chi connectivity index (χ3n) is 5.39. The molecule has 0 unspecified atom stereocenters. The van der Waals surface area contributed by atoms with Crippen molar-refractivity contribution >= 4 is 5.91 Å². The molecule has 0 aliphatic rings. The summed E-state index contributed by atoms with van der Waals surface area (Å²) in [5, 5.41) is 5.42. The van der Waals surface area contributed by atoms with Crippen LogP contribution in [0.1, 0.15) is 96.0 Å². The van der Waals surface area contributed by atoms with Gasteiger partial charge in [-0.05, 0) is 12.0 Å². The summed E-state index contributed by atoms with van der Waals surface area (Å²) in [5.41, 5.74) is 1.40. The van der Waals surface area contributed by atoms with Crippen molar-refractivity contribution in [3.05, 3.63) is 35.9 Å². The highest BCUT2D eigenvalue weighted by Gasteiger charge is 2.01. The molecule has 0 radical (unpaired) electrons. The Hall–Kier alpha value is -1.06. The minimum Gasteiger partial charge on any atom is -1.00 e. The van der Waals surface area contributed by atoms with Crippen LogP contribution in [-0.2, 0) is 11.2 Å². The van der Waals surface area contributed by atoms with E-state index in [0.717, 1.165) is 38.9 Å². The molecule has 0 spiro atoms. The number of unbranched alkanes of at least 4 members (excludes halogenated alkanes) is 10. The average molecular weight is 425 g/mol. The van der Waals surface area contributed by atoms with Crippen molar-refractivity contribution in [1.29, 1.82) is 0 Å². The maximum Gasteiger partial charge on any atom is 0.219 e. The lowest BCUT2D eigenvalue weighted by atomic mass is 10.1. The van der Waals surface area contributed by atoms with Crippen LogP contribution < -0.4 is 23.0 Å². The second-order valence-corrected chi connectivity index (χ2v) is 8.09. The van der Waals surface area contributed by atoms with E-state index in [1.165, 1.54) is 69.8 Å². The van der Waals surface area contributed by atoms with E-state index >= 15 is 0 Å². The number of nitrogens with two attached hydrogens (primary N) is 1. The summed E-state index contributed by atoms with van der Waals surface area (Å²) in [4.78, 5) is 11.9. The molecule has 0 atom stereocenters. The normalized spacial score (nSPS) is 10.5. The third-order valence-corrected chi connectivity index (χ3v) is 5.39. The molecule has 0 fully saturated rings. The zero-order chi connectivity index (χ0) is 20.1. The van der Waals surface area contributed by atoms with Gasteiger partial charge >= 0.3 is 0 Å². The van der Waals surface area contributed by atoms with Crippen molar-refractivity contribution in [1.82, 2.24) is 5.32 Å². The first kappa shape index (κ1) is 27.9. The number of hydrogen-bond acceptors (Lipinski definition) is 1. The quantitative estimate of drug-likeness (QED) is 0.328. The zero-order valence-corrected chi connectivity index (χ0v) is 19.5. The minimum absolute atomic E-state index is 0. The Kier molecular flexibility index (Phi) is 20.9. The fourth-order valence-electron chi connectivity index (χ4n) is 3.57. The van der Waals surface area contributed by atoms with Crippen LogP contribution in [0.25, 0.3) is 0 Å². The van der Waals surface area contributed by atoms with Gasteiger partial charge in [0.2, 0.25) is 5.91 Å². The maximum atomic E-state index is 11.9.